The summed E-state index contributed by atoms with van der Waals surface area (Å²) in [4.78, 5) is 25.8. The number of halogens is 1. The molecule has 1 fully saturated rings. The zero-order valence-electron chi connectivity index (χ0n) is 11.7. The first-order chi connectivity index (χ1) is 10.6. The highest BCUT2D eigenvalue weighted by molar-refractivity contribution is 9.10. The van der Waals surface area contributed by atoms with Crippen molar-refractivity contribution in [2.24, 2.45) is 0 Å². The molecule has 4 nitrogen and oxygen atoms in total. The van der Waals surface area contributed by atoms with Gasteiger partial charge in [0, 0.05) is 16.6 Å². The Hall–Kier alpha value is -1.66. The average Bonchev–Trinajstić information content (AvgIpc) is 3.16. The van der Waals surface area contributed by atoms with Crippen molar-refractivity contribution in [1.82, 2.24) is 4.90 Å². The van der Waals surface area contributed by atoms with Gasteiger partial charge in [-0.1, -0.05) is 15.9 Å². The zero-order chi connectivity index (χ0) is 15.7. The predicted molar refractivity (Wildman–Crippen MR) is 88.4 cm³/mol. The quantitative estimate of drug-likeness (QED) is 0.869. The Morgan fingerprint density at radius 3 is 2.73 bits per heavy atom. The predicted octanol–water partition coefficient (Wildman–Crippen LogP) is 4.19. The van der Waals surface area contributed by atoms with E-state index in [2.05, 4.69) is 21.3 Å². The SMILES string of the molecule is O=C(O)c1cc(Br)cc(C(=O)N2CCCC2c2ccsc2)c1. The largest absolute Gasteiger partial charge is 0.478 e. The molecule has 0 radical (unpaired) electrons. The Balaban J connectivity index is 1.92. The standard InChI is InChI=1S/C16H14BrNO3S/c17-13-7-11(6-12(8-13)16(20)21)15(19)18-4-1-2-14(18)10-3-5-22-9-10/h3,5-9,14H,1-2,4H2,(H,20,21). The molecule has 1 unspecified atom stereocenters. The third kappa shape index (κ3) is 2.94. The molecular formula is C16H14BrNO3S. The van der Waals surface area contributed by atoms with Gasteiger partial charge in [-0.15, -0.1) is 0 Å². The van der Waals surface area contributed by atoms with Crippen LogP contribution in [0.2, 0.25) is 0 Å². The van der Waals surface area contributed by atoms with E-state index in [0.717, 1.165) is 18.4 Å². The fraction of sp³-hybridized carbons (Fsp3) is 0.250. The summed E-state index contributed by atoms with van der Waals surface area (Å²) in [5, 5.41) is 13.2. The molecule has 1 atom stereocenters. The van der Waals surface area contributed by atoms with E-state index in [4.69, 9.17) is 5.11 Å². The van der Waals surface area contributed by atoms with Crippen LogP contribution < -0.4 is 0 Å². The van der Waals surface area contributed by atoms with Crippen molar-refractivity contribution in [1.29, 1.82) is 0 Å². The van der Waals surface area contributed by atoms with E-state index >= 15 is 0 Å². The van der Waals surface area contributed by atoms with Gasteiger partial charge in [-0.2, -0.15) is 11.3 Å². The first-order valence-electron chi connectivity index (χ1n) is 6.93. The van der Waals surface area contributed by atoms with Crippen molar-refractivity contribution < 1.29 is 14.7 Å². The summed E-state index contributed by atoms with van der Waals surface area (Å²) in [6.07, 6.45) is 1.91. The van der Waals surface area contributed by atoms with Crippen LogP contribution in [0.15, 0.2) is 39.5 Å². The summed E-state index contributed by atoms with van der Waals surface area (Å²) in [5.41, 5.74) is 1.68. The van der Waals surface area contributed by atoms with Crippen molar-refractivity contribution in [3.63, 3.8) is 0 Å². The Morgan fingerprint density at radius 1 is 1.27 bits per heavy atom. The lowest BCUT2D eigenvalue weighted by atomic mass is 10.1. The van der Waals surface area contributed by atoms with Crippen LogP contribution >= 0.6 is 27.3 Å². The molecule has 2 heterocycles. The van der Waals surface area contributed by atoms with Gasteiger partial charge in [-0.05, 0) is 53.4 Å². The highest BCUT2D eigenvalue weighted by Gasteiger charge is 2.31. The third-order valence-electron chi connectivity index (χ3n) is 3.83. The number of hydrogen-bond acceptors (Lipinski definition) is 3. The summed E-state index contributed by atoms with van der Waals surface area (Å²) in [7, 11) is 0. The van der Waals surface area contributed by atoms with E-state index in [1.165, 1.54) is 12.1 Å². The molecule has 0 bridgehead atoms. The van der Waals surface area contributed by atoms with E-state index in [-0.39, 0.29) is 17.5 Å². The minimum Gasteiger partial charge on any atom is -0.478 e. The van der Waals surface area contributed by atoms with Crippen LogP contribution in [0.5, 0.6) is 0 Å². The molecule has 3 rings (SSSR count). The molecule has 1 aliphatic heterocycles. The smallest absolute Gasteiger partial charge is 0.335 e. The second-order valence-corrected chi connectivity index (χ2v) is 6.94. The van der Waals surface area contributed by atoms with Crippen LogP contribution in [0.3, 0.4) is 0 Å². The molecule has 6 heteroatoms. The van der Waals surface area contributed by atoms with Crippen LogP contribution in [0.1, 0.15) is 45.2 Å². The summed E-state index contributed by atoms with van der Waals surface area (Å²) in [6, 6.07) is 6.76. The first kappa shape index (κ1) is 15.2. The number of amides is 1. The highest BCUT2D eigenvalue weighted by atomic mass is 79.9. The van der Waals surface area contributed by atoms with Crippen LogP contribution in [-0.2, 0) is 0 Å². The van der Waals surface area contributed by atoms with E-state index in [0.29, 0.717) is 16.6 Å². The second kappa shape index (κ2) is 6.22. The molecule has 2 aromatic rings. The lowest BCUT2D eigenvalue weighted by Crippen LogP contribution is -2.30. The fourth-order valence-corrected chi connectivity index (χ4v) is 4.02. The number of benzene rings is 1. The third-order valence-corrected chi connectivity index (χ3v) is 4.99. The molecule has 22 heavy (non-hydrogen) atoms. The number of hydrogen-bond donors (Lipinski definition) is 1. The Kier molecular flexibility index (Phi) is 4.31. The molecule has 0 spiro atoms. The molecule has 114 valence electrons. The van der Waals surface area contributed by atoms with Crippen LogP contribution in [-0.4, -0.2) is 28.4 Å². The van der Waals surface area contributed by atoms with Gasteiger partial charge in [0.25, 0.3) is 5.91 Å². The normalized spacial score (nSPS) is 17.7. The van der Waals surface area contributed by atoms with E-state index in [1.807, 2.05) is 16.3 Å². The van der Waals surface area contributed by atoms with Gasteiger partial charge in [0.2, 0.25) is 0 Å². The summed E-state index contributed by atoms with van der Waals surface area (Å²) >= 11 is 4.90. The molecule has 1 amide bonds. The van der Waals surface area contributed by atoms with Crippen molar-refractivity contribution in [3.8, 4) is 0 Å². The minimum atomic E-state index is -1.04. The summed E-state index contributed by atoms with van der Waals surface area (Å²) in [5.74, 6) is -1.15. The highest BCUT2D eigenvalue weighted by Crippen LogP contribution is 2.34. The maximum absolute atomic E-state index is 12.8. The fourth-order valence-electron chi connectivity index (χ4n) is 2.82. The number of nitrogens with zero attached hydrogens (tertiary/aromatic N) is 1. The summed E-state index contributed by atoms with van der Waals surface area (Å²) < 4.78 is 0.599. The van der Waals surface area contributed by atoms with Gasteiger partial charge in [0.15, 0.2) is 0 Å². The molecular weight excluding hydrogens is 366 g/mol. The van der Waals surface area contributed by atoms with E-state index in [9.17, 15) is 9.59 Å². The number of aromatic carboxylic acids is 1. The topological polar surface area (TPSA) is 57.6 Å². The first-order valence-corrected chi connectivity index (χ1v) is 8.67. The Labute approximate surface area is 140 Å². The van der Waals surface area contributed by atoms with Gasteiger partial charge in [-0.25, -0.2) is 4.79 Å². The van der Waals surface area contributed by atoms with Crippen molar-refractivity contribution >= 4 is 39.1 Å². The van der Waals surface area contributed by atoms with Crippen molar-refractivity contribution in [2.75, 3.05) is 6.54 Å². The lowest BCUT2D eigenvalue weighted by Gasteiger charge is -2.24. The molecule has 1 aliphatic rings. The minimum absolute atomic E-state index is 0.0889. The lowest BCUT2D eigenvalue weighted by molar-refractivity contribution is 0.0697. The number of thiophene rings is 1. The number of carbonyl (C=O) groups is 2. The molecule has 1 saturated heterocycles. The molecule has 1 aromatic heterocycles. The van der Waals surface area contributed by atoms with Gasteiger partial charge in [-0.3, -0.25) is 4.79 Å². The maximum atomic E-state index is 12.8. The maximum Gasteiger partial charge on any atom is 0.335 e. The second-order valence-electron chi connectivity index (χ2n) is 5.25. The van der Waals surface area contributed by atoms with E-state index in [1.54, 1.807) is 17.4 Å². The molecule has 0 saturated carbocycles. The number of likely N-dealkylation sites (tertiary alicyclic amines) is 1. The number of carboxylic acid groups (broad SMARTS) is 1. The Morgan fingerprint density at radius 2 is 2.05 bits per heavy atom. The molecule has 0 aliphatic carbocycles. The van der Waals surface area contributed by atoms with Crippen molar-refractivity contribution in [3.05, 3.63) is 56.2 Å². The average molecular weight is 380 g/mol. The zero-order valence-corrected chi connectivity index (χ0v) is 14.1. The number of rotatable bonds is 3. The number of carboxylic acids is 1. The van der Waals surface area contributed by atoms with Gasteiger partial charge in [0.1, 0.15) is 0 Å². The number of carbonyl (C=O) groups excluding carboxylic acids is 1. The van der Waals surface area contributed by atoms with Crippen LogP contribution in [0.25, 0.3) is 0 Å². The molecule has 1 aromatic carbocycles. The molecule has 1 N–H and O–H groups in total. The van der Waals surface area contributed by atoms with Gasteiger partial charge in [0.05, 0.1) is 11.6 Å². The summed E-state index contributed by atoms with van der Waals surface area (Å²) in [6.45, 7) is 0.703. The van der Waals surface area contributed by atoms with Gasteiger partial charge < -0.3 is 10.0 Å². The van der Waals surface area contributed by atoms with Gasteiger partial charge >= 0.3 is 5.97 Å². The monoisotopic (exact) mass is 379 g/mol. The van der Waals surface area contributed by atoms with Crippen molar-refractivity contribution in [2.45, 2.75) is 18.9 Å². The van der Waals surface area contributed by atoms with Crippen LogP contribution in [0, 0.1) is 0 Å². The Bertz CT molecular complexity index is 714. The van der Waals surface area contributed by atoms with Crippen LogP contribution in [0.4, 0.5) is 0 Å². The van der Waals surface area contributed by atoms with E-state index < -0.39 is 5.97 Å².